The molecule has 6 heteroatoms. The van der Waals surface area contributed by atoms with Gasteiger partial charge >= 0.3 is 0 Å². The smallest absolute Gasteiger partial charge is 0.293 e. The van der Waals surface area contributed by atoms with Gasteiger partial charge in [0.1, 0.15) is 6.61 Å². The lowest BCUT2D eigenvalue weighted by atomic mass is 10.0. The number of thioether (sulfide) groups is 1. The van der Waals surface area contributed by atoms with Gasteiger partial charge in [0.25, 0.3) is 11.1 Å². The third-order valence-electron chi connectivity index (χ3n) is 6.62. The van der Waals surface area contributed by atoms with Crippen LogP contribution in [0.15, 0.2) is 96.4 Å². The van der Waals surface area contributed by atoms with E-state index in [2.05, 4.69) is 18.7 Å². The number of hydrogen-bond donors (Lipinski definition) is 0. The van der Waals surface area contributed by atoms with E-state index in [0.717, 1.165) is 44.8 Å². The van der Waals surface area contributed by atoms with Crippen molar-refractivity contribution in [3.05, 3.63) is 124 Å². The molecule has 0 N–H and O–H groups in total. The number of hydrogen-bond acceptors (Lipinski definition) is 5. The van der Waals surface area contributed by atoms with Crippen molar-refractivity contribution >= 4 is 39.8 Å². The molecule has 5 nitrogen and oxygen atoms in total. The van der Waals surface area contributed by atoms with Crippen LogP contribution in [0.3, 0.4) is 0 Å². The first-order valence-electron chi connectivity index (χ1n) is 12.7. The fraction of sp³-hybridized carbons (Fsp3) is 0.152. The molecule has 0 bridgehead atoms. The third kappa shape index (κ3) is 5.76. The van der Waals surface area contributed by atoms with E-state index in [1.807, 2.05) is 73.7 Å². The zero-order valence-electron chi connectivity index (χ0n) is 22.0. The van der Waals surface area contributed by atoms with E-state index in [9.17, 15) is 9.59 Å². The van der Waals surface area contributed by atoms with Gasteiger partial charge < -0.3 is 9.47 Å². The summed E-state index contributed by atoms with van der Waals surface area (Å²) in [7, 11) is 1.59. The molecule has 5 rings (SSSR count). The molecule has 1 heterocycles. The number of imide groups is 1. The predicted molar refractivity (Wildman–Crippen MR) is 158 cm³/mol. The molecule has 0 aliphatic carbocycles. The van der Waals surface area contributed by atoms with E-state index in [0.29, 0.717) is 29.4 Å². The number of amides is 2. The number of benzene rings is 4. The number of ether oxygens (including phenoxy) is 2. The summed E-state index contributed by atoms with van der Waals surface area (Å²) in [6, 6.07) is 25.9. The van der Waals surface area contributed by atoms with Crippen molar-refractivity contribution in [3.63, 3.8) is 0 Å². The van der Waals surface area contributed by atoms with Gasteiger partial charge in [0.15, 0.2) is 11.5 Å². The Morgan fingerprint density at radius 1 is 0.949 bits per heavy atom. The highest BCUT2D eigenvalue weighted by Crippen LogP contribution is 2.38. The second-order valence-corrected chi connectivity index (χ2v) is 10.4. The van der Waals surface area contributed by atoms with Gasteiger partial charge in [-0.15, -0.1) is 6.58 Å². The molecular formula is C33H29NO4S. The van der Waals surface area contributed by atoms with E-state index >= 15 is 0 Å². The quantitative estimate of drug-likeness (QED) is 0.162. The number of nitrogens with zero attached hydrogens (tertiary/aromatic N) is 1. The Morgan fingerprint density at radius 2 is 1.72 bits per heavy atom. The highest BCUT2D eigenvalue weighted by atomic mass is 32.2. The molecule has 1 saturated heterocycles. The van der Waals surface area contributed by atoms with Crippen molar-refractivity contribution < 1.29 is 19.1 Å². The molecule has 0 atom stereocenters. The molecule has 4 aromatic rings. The molecule has 4 aromatic carbocycles. The Morgan fingerprint density at radius 3 is 2.49 bits per heavy atom. The summed E-state index contributed by atoms with van der Waals surface area (Å²) in [5.41, 5.74) is 4.81. The van der Waals surface area contributed by atoms with Crippen molar-refractivity contribution in [1.29, 1.82) is 0 Å². The maximum Gasteiger partial charge on any atom is 0.293 e. The second kappa shape index (κ2) is 11.6. The van der Waals surface area contributed by atoms with E-state index in [4.69, 9.17) is 9.47 Å². The number of aryl methyl sites for hydroxylation is 1. The predicted octanol–water partition coefficient (Wildman–Crippen LogP) is 7.70. The molecule has 0 spiro atoms. The minimum Gasteiger partial charge on any atom is -0.493 e. The minimum absolute atomic E-state index is 0.222. The van der Waals surface area contributed by atoms with E-state index in [1.165, 1.54) is 10.5 Å². The highest BCUT2D eigenvalue weighted by molar-refractivity contribution is 8.18. The number of carbonyl (C=O) groups excluding carboxylic acids is 2. The molecule has 1 aliphatic rings. The van der Waals surface area contributed by atoms with Crippen LogP contribution in [-0.4, -0.2) is 23.2 Å². The zero-order chi connectivity index (χ0) is 27.4. The Labute approximate surface area is 232 Å². The van der Waals surface area contributed by atoms with E-state index < -0.39 is 0 Å². The van der Waals surface area contributed by atoms with Crippen LogP contribution < -0.4 is 9.47 Å². The van der Waals surface area contributed by atoms with Crippen molar-refractivity contribution in [2.45, 2.75) is 26.5 Å². The lowest BCUT2D eigenvalue weighted by Crippen LogP contribution is -2.27. The van der Waals surface area contributed by atoms with Crippen LogP contribution in [0.2, 0.25) is 0 Å². The average molecular weight is 536 g/mol. The molecule has 0 unspecified atom stereocenters. The first-order valence-corrected chi connectivity index (χ1v) is 13.5. The van der Waals surface area contributed by atoms with Crippen molar-refractivity contribution in [2.24, 2.45) is 0 Å². The summed E-state index contributed by atoms with van der Waals surface area (Å²) in [4.78, 5) is 27.9. The maximum absolute atomic E-state index is 13.3. The molecule has 0 aromatic heterocycles. The van der Waals surface area contributed by atoms with Crippen molar-refractivity contribution in [2.75, 3.05) is 7.11 Å². The van der Waals surface area contributed by atoms with Crippen LogP contribution in [0.25, 0.3) is 16.8 Å². The first kappa shape index (κ1) is 26.3. The minimum atomic E-state index is -0.304. The van der Waals surface area contributed by atoms with Crippen LogP contribution in [0, 0.1) is 6.92 Å². The van der Waals surface area contributed by atoms with E-state index in [1.54, 1.807) is 19.3 Å². The monoisotopic (exact) mass is 535 g/mol. The molecule has 1 fully saturated rings. The molecular weight excluding hydrogens is 506 g/mol. The maximum atomic E-state index is 13.3. The van der Waals surface area contributed by atoms with E-state index in [-0.39, 0.29) is 17.7 Å². The van der Waals surface area contributed by atoms with Crippen molar-refractivity contribution in [3.8, 4) is 11.5 Å². The standard InChI is InChI=1S/C33H29NO4S/c1-4-8-26-17-24(18-29(37-3)31(26)38-21-23-15-13-22(2)14-16-23)19-30-32(35)34(33(36)39-30)20-27-11-7-10-25-9-5-6-12-28(25)27/h4-7,9-19H,1,8,20-21H2,2-3H3/b30-19+. The third-order valence-corrected chi connectivity index (χ3v) is 7.53. The summed E-state index contributed by atoms with van der Waals surface area (Å²) in [6.07, 6.45) is 4.10. The topological polar surface area (TPSA) is 55.8 Å². The van der Waals surface area contributed by atoms with Gasteiger partial charge in [0.05, 0.1) is 18.6 Å². The van der Waals surface area contributed by atoms with Crippen molar-refractivity contribution in [1.82, 2.24) is 4.90 Å². The lowest BCUT2D eigenvalue weighted by molar-refractivity contribution is -0.123. The van der Waals surface area contributed by atoms with Gasteiger partial charge in [-0.2, -0.15) is 0 Å². The number of carbonyl (C=O) groups is 2. The van der Waals surface area contributed by atoms with Crippen LogP contribution in [0.1, 0.15) is 27.8 Å². The Balaban J connectivity index is 1.41. The first-order chi connectivity index (χ1) is 19.0. The van der Waals surface area contributed by atoms with Crippen LogP contribution >= 0.6 is 11.8 Å². The summed E-state index contributed by atoms with van der Waals surface area (Å²) in [5, 5.41) is 1.82. The van der Waals surface area contributed by atoms with Gasteiger partial charge in [-0.05, 0) is 70.8 Å². The number of methoxy groups -OCH3 is 1. The second-order valence-electron chi connectivity index (χ2n) is 9.38. The number of allylic oxidation sites excluding steroid dienone is 1. The molecule has 39 heavy (non-hydrogen) atoms. The largest absolute Gasteiger partial charge is 0.493 e. The van der Waals surface area contributed by atoms with Gasteiger partial charge in [0, 0.05) is 5.56 Å². The highest BCUT2D eigenvalue weighted by Gasteiger charge is 2.35. The number of rotatable bonds is 9. The lowest BCUT2D eigenvalue weighted by Gasteiger charge is -2.16. The molecule has 0 radical (unpaired) electrons. The molecule has 1 aliphatic heterocycles. The average Bonchev–Trinajstić information content (AvgIpc) is 3.20. The summed E-state index contributed by atoms with van der Waals surface area (Å²) >= 11 is 0.953. The van der Waals surface area contributed by atoms with Gasteiger partial charge in [-0.1, -0.05) is 78.4 Å². The van der Waals surface area contributed by atoms with Crippen LogP contribution in [-0.2, 0) is 24.4 Å². The summed E-state index contributed by atoms with van der Waals surface area (Å²) in [5.74, 6) is 0.892. The SMILES string of the molecule is C=CCc1cc(/C=C2/SC(=O)N(Cc3cccc4ccccc34)C2=O)cc(OC)c1OCc1ccc(C)cc1. The fourth-order valence-electron chi connectivity index (χ4n) is 4.62. The zero-order valence-corrected chi connectivity index (χ0v) is 22.8. The molecule has 0 saturated carbocycles. The Bertz CT molecular complexity index is 1580. The van der Waals surface area contributed by atoms with Crippen LogP contribution in [0.5, 0.6) is 11.5 Å². The summed E-state index contributed by atoms with van der Waals surface area (Å²) < 4.78 is 11.9. The number of fused-ring (bicyclic) bond motifs is 1. The van der Waals surface area contributed by atoms with Gasteiger partial charge in [0.2, 0.25) is 0 Å². The van der Waals surface area contributed by atoms with Crippen LogP contribution in [0.4, 0.5) is 4.79 Å². The molecule has 2 amide bonds. The fourth-order valence-corrected chi connectivity index (χ4v) is 5.46. The Kier molecular flexibility index (Phi) is 7.84. The normalized spacial score (nSPS) is 14.3. The Hall–Kier alpha value is -4.29. The summed E-state index contributed by atoms with van der Waals surface area (Å²) in [6.45, 7) is 6.55. The van der Waals surface area contributed by atoms with Gasteiger partial charge in [-0.25, -0.2) is 0 Å². The van der Waals surface area contributed by atoms with Gasteiger partial charge in [-0.3, -0.25) is 14.5 Å². The molecule has 196 valence electrons.